The maximum absolute atomic E-state index is 11.5. The fourth-order valence-electron chi connectivity index (χ4n) is 1.94. The Labute approximate surface area is 119 Å². The zero-order valence-electron chi connectivity index (χ0n) is 10.7. The Kier molecular flexibility index (Phi) is 3.12. The average Bonchev–Trinajstić information content (AvgIpc) is 2.90. The Morgan fingerprint density at radius 2 is 2.05 bits per heavy atom. The number of aromatic nitrogens is 1. The molecule has 0 aliphatic heterocycles. The van der Waals surface area contributed by atoms with Crippen LogP contribution in [0.25, 0.3) is 20.7 Å². The third-order valence-electron chi connectivity index (χ3n) is 2.93. The van der Waals surface area contributed by atoms with E-state index in [0.717, 1.165) is 15.0 Å². The first-order chi connectivity index (χ1) is 9.69. The second-order valence-electron chi connectivity index (χ2n) is 4.20. The molecule has 5 heteroatoms. The van der Waals surface area contributed by atoms with E-state index >= 15 is 0 Å². The summed E-state index contributed by atoms with van der Waals surface area (Å²) < 4.78 is 5.76. The number of hydrogen-bond acceptors (Lipinski definition) is 5. The SMILES string of the molecule is COC(=O)c1nc(-c2cc3ccccc3s2)ccc1O. The molecule has 0 spiro atoms. The molecule has 0 fully saturated rings. The zero-order chi connectivity index (χ0) is 14.1. The highest BCUT2D eigenvalue weighted by molar-refractivity contribution is 7.22. The molecular weight excluding hydrogens is 274 g/mol. The van der Waals surface area contributed by atoms with Gasteiger partial charge in [0.2, 0.25) is 0 Å². The summed E-state index contributed by atoms with van der Waals surface area (Å²) in [6.07, 6.45) is 0. The molecule has 4 nitrogen and oxygen atoms in total. The lowest BCUT2D eigenvalue weighted by atomic mass is 10.2. The molecule has 20 heavy (non-hydrogen) atoms. The molecule has 100 valence electrons. The third kappa shape index (κ3) is 2.12. The van der Waals surface area contributed by atoms with Crippen LogP contribution in [0.15, 0.2) is 42.5 Å². The van der Waals surface area contributed by atoms with Crippen molar-refractivity contribution in [1.82, 2.24) is 4.98 Å². The summed E-state index contributed by atoms with van der Waals surface area (Å²) >= 11 is 1.59. The van der Waals surface area contributed by atoms with Crippen molar-refractivity contribution in [2.24, 2.45) is 0 Å². The Hall–Kier alpha value is -2.40. The van der Waals surface area contributed by atoms with Gasteiger partial charge >= 0.3 is 5.97 Å². The van der Waals surface area contributed by atoms with E-state index in [1.807, 2.05) is 30.3 Å². The average molecular weight is 285 g/mol. The number of methoxy groups -OCH3 is 1. The van der Waals surface area contributed by atoms with Crippen LogP contribution in [-0.2, 0) is 4.74 Å². The van der Waals surface area contributed by atoms with E-state index < -0.39 is 5.97 Å². The number of carbonyl (C=O) groups excluding carboxylic acids is 1. The molecule has 1 aromatic carbocycles. The highest BCUT2D eigenvalue weighted by Gasteiger charge is 2.15. The van der Waals surface area contributed by atoms with Crippen LogP contribution in [-0.4, -0.2) is 23.2 Å². The first-order valence-electron chi connectivity index (χ1n) is 5.96. The van der Waals surface area contributed by atoms with Gasteiger partial charge in [0.05, 0.1) is 17.7 Å². The van der Waals surface area contributed by atoms with Gasteiger partial charge in [0.25, 0.3) is 0 Å². The van der Waals surface area contributed by atoms with E-state index in [2.05, 4.69) is 9.72 Å². The molecule has 0 saturated heterocycles. The van der Waals surface area contributed by atoms with Gasteiger partial charge in [-0.25, -0.2) is 9.78 Å². The Bertz CT molecular complexity index is 762. The minimum absolute atomic E-state index is 0.0672. The lowest BCUT2D eigenvalue weighted by Gasteiger charge is -2.03. The number of thiophene rings is 1. The molecular formula is C15H11NO3S. The minimum atomic E-state index is -0.648. The highest BCUT2D eigenvalue weighted by atomic mass is 32.1. The van der Waals surface area contributed by atoms with Crippen molar-refractivity contribution in [3.8, 4) is 16.3 Å². The number of aromatic hydroxyl groups is 1. The van der Waals surface area contributed by atoms with Gasteiger partial charge in [-0.05, 0) is 29.7 Å². The highest BCUT2D eigenvalue weighted by Crippen LogP contribution is 2.33. The van der Waals surface area contributed by atoms with Gasteiger partial charge in [-0.15, -0.1) is 11.3 Å². The van der Waals surface area contributed by atoms with E-state index in [1.54, 1.807) is 17.4 Å². The van der Waals surface area contributed by atoms with Crippen molar-refractivity contribution < 1.29 is 14.6 Å². The predicted molar refractivity (Wildman–Crippen MR) is 78.1 cm³/mol. The molecule has 0 aliphatic rings. The van der Waals surface area contributed by atoms with Gasteiger partial charge in [0, 0.05) is 4.70 Å². The van der Waals surface area contributed by atoms with Crippen LogP contribution < -0.4 is 0 Å². The van der Waals surface area contributed by atoms with Gasteiger partial charge < -0.3 is 9.84 Å². The number of fused-ring (bicyclic) bond motifs is 1. The topological polar surface area (TPSA) is 59.4 Å². The van der Waals surface area contributed by atoms with Crippen molar-refractivity contribution in [2.45, 2.75) is 0 Å². The van der Waals surface area contributed by atoms with Crippen LogP contribution >= 0.6 is 11.3 Å². The van der Waals surface area contributed by atoms with Gasteiger partial charge in [0.1, 0.15) is 5.75 Å². The standard InChI is InChI=1S/C15H11NO3S/c1-19-15(18)14-11(17)7-6-10(16-14)13-8-9-4-2-3-5-12(9)20-13/h2-8,17H,1H3. The summed E-state index contributed by atoms with van der Waals surface area (Å²) in [6.45, 7) is 0. The largest absolute Gasteiger partial charge is 0.505 e. The van der Waals surface area contributed by atoms with Gasteiger partial charge in [-0.3, -0.25) is 0 Å². The summed E-state index contributed by atoms with van der Waals surface area (Å²) in [5.41, 5.74) is 0.576. The van der Waals surface area contributed by atoms with Crippen LogP contribution in [0.4, 0.5) is 0 Å². The van der Waals surface area contributed by atoms with Crippen LogP contribution in [0.5, 0.6) is 5.75 Å². The Balaban J connectivity index is 2.12. The fourth-order valence-corrected chi connectivity index (χ4v) is 2.98. The number of benzene rings is 1. The van der Waals surface area contributed by atoms with Crippen LogP contribution in [0.1, 0.15) is 10.5 Å². The van der Waals surface area contributed by atoms with E-state index in [4.69, 9.17) is 0 Å². The molecule has 0 radical (unpaired) electrons. The van der Waals surface area contributed by atoms with E-state index in [-0.39, 0.29) is 11.4 Å². The minimum Gasteiger partial charge on any atom is -0.505 e. The van der Waals surface area contributed by atoms with Gasteiger partial charge in [-0.2, -0.15) is 0 Å². The van der Waals surface area contributed by atoms with Crippen molar-refractivity contribution in [3.63, 3.8) is 0 Å². The van der Waals surface area contributed by atoms with Gasteiger partial charge in [-0.1, -0.05) is 18.2 Å². The number of carbonyl (C=O) groups is 1. The van der Waals surface area contributed by atoms with E-state index in [9.17, 15) is 9.90 Å². The number of pyridine rings is 1. The fraction of sp³-hybridized carbons (Fsp3) is 0.0667. The maximum Gasteiger partial charge on any atom is 0.360 e. The van der Waals surface area contributed by atoms with Crippen LogP contribution in [0.2, 0.25) is 0 Å². The number of rotatable bonds is 2. The quantitative estimate of drug-likeness (QED) is 0.733. The number of hydrogen-bond donors (Lipinski definition) is 1. The van der Waals surface area contributed by atoms with Gasteiger partial charge in [0.15, 0.2) is 5.69 Å². The second kappa shape index (κ2) is 4.94. The molecule has 0 saturated carbocycles. The monoisotopic (exact) mass is 285 g/mol. The lowest BCUT2D eigenvalue weighted by molar-refractivity contribution is 0.0590. The van der Waals surface area contributed by atoms with Crippen LogP contribution in [0, 0.1) is 0 Å². The summed E-state index contributed by atoms with van der Waals surface area (Å²) in [5.74, 6) is -0.827. The molecule has 3 aromatic rings. The van der Waals surface area contributed by atoms with Crippen molar-refractivity contribution in [3.05, 3.63) is 48.2 Å². The van der Waals surface area contributed by atoms with Crippen molar-refractivity contribution in [1.29, 1.82) is 0 Å². The molecule has 2 aromatic heterocycles. The Morgan fingerprint density at radius 3 is 2.80 bits per heavy atom. The van der Waals surface area contributed by atoms with Crippen LogP contribution in [0.3, 0.4) is 0 Å². The van der Waals surface area contributed by atoms with Crippen molar-refractivity contribution >= 4 is 27.4 Å². The first kappa shape index (κ1) is 12.6. The number of nitrogens with zero attached hydrogens (tertiary/aromatic N) is 1. The van der Waals surface area contributed by atoms with Crippen molar-refractivity contribution in [2.75, 3.05) is 7.11 Å². The molecule has 2 heterocycles. The second-order valence-corrected chi connectivity index (χ2v) is 5.29. The number of esters is 1. The Morgan fingerprint density at radius 1 is 1.25 bits per heavy atom. The molecule has 1 N–H and O–H groups in total. The molecule has 0 atom stereocenters. The van der Waals surface area contributed by atoms with E-state index in [0.29, 0.717) is 5.69 Å². The molecule has 3 rings (SSSR count). The summed E-state index contributed by atoms with van der Waals surface area (Å²) in [7, 11) is 1.26. The molecule has 0 bridgehead atoms. The molecule has 0 amide bonds. The maximum atomic E-state index is 11.5. The zero-order valence-corrected chi connectivity index (χ0v) is 11.5. The third-order valence-corrected chi connectivity index (χ3v) is 4.07. The van der Waals surface area contributed by atoms with E-state index in [1.165, 1.54) is 13.2 Å². The predicted octanol–water partition coefficient (Wildman–Crippen LogP) is 3.46. The first-order valence-corrected chi connectivity index (χ1v) is 6.78. The lowest BCUT2D eigenvalue weighted by Crippen LogP contribution is -2.05. The summed E-state index contributed by atoms with van der Waals surface area (Å²) in [6, 6.07) is 13.2. The molecule has 0 aliphatic carbocycles. The summed E-state index contributed by atoms with van der Waals surface area (Å²) in [5, 5.41) is 10.8. The smallest absolute Gasteiger partial charge is 0.360 e. The number of ether oxygens (including phenoxy) is 1. The normalized spacial score (nSPS) is 10.7. The summed E-state index contributed by atoms with van der Waals surface area (Å²) in [4.78, 5) is 16.7. The molecule has 0 unspecified atom stereocenters.